The summed E-state index contributed by atoms with van der Waals surface area (Å²) < 4.78 is 6.50. The zero-order valence-electron chi connectivity index (χ0n) is 30.8. The SMILES string of the molecule is CCCc1cccc(-c2cccc3c2CC[C@@H]3C(C)Cc2cc(OCc3cc(C#N)cc(C#N)c3)c(CC(CC)CCCCC=O)cc2O)c1C. The highest BCUT2D eigenvalue weighted by molar-refractivity contribution is 5.74. The molecule has 0 fully saturated rings. The number of hydrogen-bond donors (Lipinski definition) is 1. The van der Waals surface area contributed by atoms with Gasteiger partial charge < -0.3 is 14.6 Å². The Bertz CT molecular complexity index is 1880. The van der Waals surface area contributed by atoms with E-state index in [-0.39, 0.29) is 6.61 Å². The molecule has 0 bridgehead atoms. The van der Waals surface area contributed by atoms with Crippen LogP contribution in [-0.4, -0.2) is 11.4 Å². The number of unbranched alkanes of at least 4 members (excludes halogenated alkanes) is 2. The molecule has 4 aromatic carbocycles. The second-order valence-corrected chi connectivity index (χ2v) is 14.5. The molecule has 0 radical (unpaired) electrons. The number of aldehydes is 1. The summed E-state index contributed by atoms with van der Waals surface area (Å²) in [6, 6.07) is 26.9. The van der Waals surface area contributed by atoms with Gasteiger partial charge in [-0.1, -0.05) is 82.9 Å². The second-order valence-electron chi connectivity index (χ2n) is 14.5. The summed E-state index contributed by atoms with van der Waals surface area (Å²) in [4.78, 5) is 10.9. The Morgan fingerprint density at radius 1 is 0.922 bits per heavy atom. The molecule has 4 aromatic rings. The number of phenolic OH excluding ortho intramolecular Hbond substituents is 1. The summed E-state index contributed by atoms with van der Waals surface area (Å²) in [6.45, 7) is 9.20. The smallest absolute Gasteiger partial charge is 0.123 e. The van der Waals surface area contributed by atoms with Gasteiger partial charge in [0.25, 0.3) is 0 Å². The van der Waals surface area contributed by atoms with Gasteiger partial charge in [0.15, 0.2) is 0 Å². The molecule has 51 heavy (non-hydrogen) atoms. The van der Waals surface area contributed by atoms with Gasteiger partial charge in [0.05, 0.1) is 23.3 Å². The highest BCUT2D eigenvalue weighted by Gasteiger charge is 2.30. The predicted molar refractivity (Wildman–Crippen MR) is 205 cm³/mol. The van der Waals surface area contributed by atoms with Gasteiger partial charge in [0.2, 0.25) is 0 Å². The molecule has 5 rings (SSSR count). The first-order valence-electron chi connectivity index (χ1n) is 18.9. The molecule has 1 N–H and O–H groups in total. The van der Waals surface area contributed by atoms with Crippen LogP contribution >= 0.6 is 0 Å². The number of nitriles is 2. The van der Waals surface area contributed by atoms with E-state index in [4.69, 9.17) is 4.74 Å². The van der Waals surface area contributed by atoms with Crippen LogP contribution in [0.1, 0.15) is 122 Å². The predicted octanol–water partition coefficient (Wildman–Crippen LogP) is 10.9. The van der Waals surface area contributed by atoms with E-state index >= 15 is 0 Å². The van der Waals surface area contributed by atoms with Crippen LogP contribution in [0, 0.1) is 41.4 Å². The quantitative estimate of drug-likeness (QED) is 0.0885. The van der Waals surface area contributed by atoms with Gasteiger partial charge in [-0.3, -0.25) is 0 Å². The summed E-state index contributed by atoms with van der Waals surface area (Å²) in [7, 11) is 0. The third-order valence-electron chi connectivity index (χ3n) is 11.0. The van der Waals surface area contributed by atoms with E-state index in [0.29, 0.717) is 47.5 Å². The van der Waals surface area contributed by atoms with Gasteiger partial charge in [-0.05, 0) is 144 Å². The first kappa shape index (κ1) is 37.4. The van der Waals surface area contributed by atoms with Crippen molar-refractivity contribution in [3.05, 3.63) is 117 Å². The Morgan fingerprint density at radius 2 is 1.67 bits per heavy atom. The van der Waals surface area contributed by atoms with Crippen molar-refractivity contribution < 1.29 is 14.6 Å². The lowest BCUT2D eigenvalue weighted by molar-refractivity contribution is -0.107. The maximum absolute atomic E-state index is 11.5. The number of phenols is 1. The van der Waals surface area contributed by atoms with E-state index < -0.39 is 0 Å². The van der Waals surface area contributed by atoms with Crippen LogP contribution in [0.2, 0.25) is 0 Å². The van der Waals surface area contributed by atoms with E-state index in [1.807, 2.05) is 12.1 Å². The van der Waals surface area contributed by atoms with Crippen molar-refractivity contribution in [2.45, 2.75) is 111 Å². The van der Waals surface area contributed by atoms with Crippen LogP contribution in [0.25, 0.3) is 11.1 Å². The number of carbonyl (C=O) groups excluding carboxylic acids is 1. The average Bonchev–Trinajstić information content (AvgIpc) is 3.59. The molecule has 0 amide bonds. The molecule has 0 saturated carbocycles. The number of carbonyl (C=O) groups is 1. The summed E-state index contributed by atoms with van der Waals surface area (Å²) in [5.41, 5.74) is 11.9. The van der Waals surface area contributed by atoms with Crippen molar-refractivity contribution in [1.82, 2.24) is 0 Å². The molecule has 3 atom stereocenters. The third kappa shape index (κ3) is 9.08. The van der Waals surface area contributed by atoms with Crippen LogP contribution in [0.15, 0.2) is 66.7 Å². The molecular weight excluding hydrogens is 629 g/mol. The molecular formula is C46H52N2O3. The molecule has 0 spiro atoms. The van der Waals surface area contributed by atoms with Crippen LogP contribution < -0.4 is 4.74 Å². The number of aromatic hydroxyl groups is 1. The molecule has 0 aromatic heterocycles. The van der Waals surface area contributed by atoms with E-state index in [2.05, 4.69) is 76.2 Å². The first-order chi connectivity index (χ1) is 24.8. The summed E-state index contributed by atoms with van der Waals surface area (Å²) in [6.07, 6.45) is 11.3. The van der Waals surface area contributed by atoms with Crippen molar-refractivity contribution in [2.24, 2.45) is 11.8 Å². The van der Waals surface area contributed by atoms with Crippen molar-refractivity contribution in [2.75, 3.05) is 0 Å². The standard InChI is InChI=1S/C46H52N2O3/c1-5-12-37-14-10-15-41(32(37)4)43-17-11-16-42-40(18-19-44(42)43)31(3)21-38-27-46(51-30-36-23-34(28-47)22-35(24-36)29-48)39(26-45(38)50)25-33(6-2)13-8-7-9-20-49/h10-11,14-17,20,22-24,26-27,31,33,40,50H,5-9,12-13,18-19,21,25,30H2,1-4H3/t31?,33?,40-/m1/s1. The van der Waals surface area contributed by atoms with Gasteiger partial charge in [0, 0.05) is 6.42 Å². The number of rotatable bonds is 17. The molecule has 1 aliphatic carbocycles. The fraction of sp³-hybridized carbons (Fsp3) is 0.413. The van der Waals surface area contributed by atoms with Crippen LogP contribution in [0.4, 0.5) is 0 Å². The maximum Gasteiger partial charge on any atom is 0.123 e. The largest absolute Gasteiger partial charge is 0.508 e. The topological polar surface area (TPSA) is 94.1 Å². The van der Waals surface area contributed by atoms with Gasteiger partial charge in [-0.2, -0.15) is 10.5 Å². The molecule has 5 heteroatoms. The summed E-state index contributed by atoms with van der Waals surface area (Å²) in [5, 5.41) is 30.5. The van der Waals surface area contributed by atoms with Gasteiger partial charge in [0.1, 0.15) is 24.4 Å². The Morgan fingerprint density at radius 3 is 2.37 bits per heavy atom. The number of benzene rings is 4. The van der Waals surface area contributed by atoms with Crippen molar-refractivity contribution in [3.8, 4) is 34.8 Å². The molecule has 2 unspecified atom stereocenters. The number of aryl methyl sites for hydroxylation is 1. The fourth-order valence-corrected chi connectivity index (χ4v) is 8.13. The lowest BCUT2D eigenvalue weighted by Crippen LogP contribution is -2.11. The van der Waals surface area contributed by atoms with Crippen molar-refractivity contribution >= 4 is 6.29 Å². The van der Waals surface area contributed by atoms with E-state index in [1.54, 1.807) is 18.2 Å². The fourth-order valence-electron chi connectivity index (χ4n) is 8.13. The molecule has 1 aliphatic rings. The minimum atomic E-state index is 0.213. The van der Waals surface area contributed by atoms with Crippen molar-refractivity contribution in [3.63, 3.8) is 0 Å². The number of ether oxygens (including phenoxy) is 1. The Labute approximate surface area is 304 Å². The minimum Gasteiger partial charge on any atom is -0.508 e. The Kier molecular flexibility index (Phi) is 13.1. The second kappa shape index (κ2) is 17.9. The maximum atomic E-state index is 11.5. The van der Waals surface area contributed by atoms with E-state index in [9.17, 15) is 20.4 Å². The number of hydrogen-bond acceptors (Lipinski definition) is 5. The highest BCUT2D eigenvalue weighted by Crippen LogP contribution is 2.45. The lowest BCUT2D eigenvalue weighted by atomic mass is 9.82. The Balaban J connectivity index is 1.41. The van der Waals surface area contributed by atoms with Gasteiger partial charge in [-0.25, -0.2) is 0 Å². The third-order valence-corrected chi connectivity index (χ3v) is 11.0. The Hall–Kier alpha value is -4.87. The molecule has 0 heterocycles. The number of fused-ring (bicyclic) bond motifs is 1. The molecule has 0 saturated heterocycles. The first-order valence-corrected chi connectivity index (χ1v) is 18.9. The monoisotopic (exact) mass is 680 g/mol. The molecule has 5 nitrogen and oxygen atoms in total. The zero-order valence-corrected chi connectivity index (χ0v) is 30.8. The molecule has 264 valence electrons. The normalized spacial score (nSPS) is 14.7. The minimum absolute atomic E-state index is 0.213. The van der Waals surface area contributed by atoms with Crippen molar-refractivity contribution in [1.29, 1.82) is 10.5 Å². The highest BCUT2D eigenvalue weighted by atomic mass is 16.5. The van der Waals surface area contributed by atoms with Gasteiger partial charge >= 0.3 is 0 Å². The zero-order chi connectivity index (χ0) is 36.3. The van der Waals surface area contributed by atoms with Crippen LogP contribution in [0.3, 0.4) is 0 Å². The van der Waals surface area contributed by atoms with Crippen LogP contribution in [0.5, 0.6) is 11.5 Å². The summed E-state index contributed by atoms with van der Waals surface area (Å²) in [5.74, 6) is 2.11. The molecule has 0 aliphatic heterocycles. The summed E-state index contributed by atoms with van der Waals surface area (Å²) >= 11 is 0. The van der Waals surface area contributed by atoms with E-state index in [1.165, 1.54) is 33.4 Å². The average molecular weight is 681 g/mol. The van der Waals surface area contributed by atoms with Gasteiger partial charge in [-0.15, -0.1) is 0 Å². The van der Waals surface area contributed by atoms with Crippen LogP contribution in [-0.2, 0) is 37.1 Å². The lowest BCUT2D eigenvalue weighted by Gasteiger charge is -2.23. The van der Waals surface area contributed by atoms with E-state index in [0.717, 1.165) is 86.5 Å². The number of nitrogens with zero attached hydrogens (tertiary/aromatic N) is 2.